The van der Waals surface area contributed by atoms with E-state index in [2.05, 4.69) is 11.3 Å². The fourth-order valence-electron chi connectivity index (χ4n) is 0.859. The fraction of sp³-hybridized carbons (Fsp3) is 0.667. The molecule has 7 heteroatoms. The third-order valence-electron chi connectivity index (χ3n) is 1.62. The lowest BCUT2D eigenvalue weighted by molar-refractivity contribution is -0.871. The van der Waals surface area contributed by atoms with Crippen LogP contribution in [0.15, 0.2) is 12.2 Å². The molecule has 0 aromatic rings. The van der Waals surface area contributed by atoms with Crippen molar-refractivity contribution < 1.29 is 27.0 Å². The van der Waals surface area contributed by atoms with E-state index in [4.69, 9.17) is 4.55 Å². The van der Waals surface area contributed by atoms with E-state index in [0.717, 1.165) is 0 Å². The Morgan fingerprint density at radius 1 is 1.44 bits per heavy atom. The summed E-state index contributed by atoms with van der Waals surface area (Å²) in [6.07, 6.45) is 0. The standard InChI is InChI=1S/C9H17NO5S/c1-7(2)9(11)15-8(16(12,13)14)6-10(3,4)5/h8H,1,6H2,2-5H3/p+1. The van der Waals surface area contributed by atoms with E-state index in [9.17, 15) is 13.2 Å². The third-order valence-corrected chi connectivity index (χ3v) is 2.53. The normalized spacial score (nSPS) is 14.3. The summed E-state index contributed by atoms with van der Waals surface area (Å²) >= 11 is 0. The van der Waals surface area contributed by atoms with E-state index in [0.29, 0.717) is 0 Å². The number of hydrogen-bond acceptors (Lipinski definition) is 4. The first-order valence-corrected chi connectivity index (χ1v) is 6.07. The van der Waals surface area contributed by atoms with Crippen LogP contribution in [-0.4, -0.2) is 56.5 Å². The Hall–Kier alpha value is -0.920. The number of likely N-dealkylation sites (N-methyl/N-ethyl adjacent to an activating group) is 1. The molecule has 0 saturated heterocycles. The first-order valence-electron chi connectivity index (χ1n) is 4.57. The zero-order valence-electron chi connectivity index (χ0n) is 9.93. The maximum absolute atomic E-state index is 11.2. The summed E-state index contributed by atoms with van der Waals surface area (Å²) in [4.78, 5) is 11.2. The number of quaternary nitrogens is 1. The van der Waals surface area contributed by atoms with Crippen LogP contribution >= 0.6 is 0 Å². The Labute approximate surface area is 95.8 Å². The summed E-state index contributed by atoms with van der Waals surface area (Å²) in [5.41, 5.74) is -1.49. The van der Waals surface area contributed by atoms with Gasteiger partial charge in [-0.2, -0.15) is 8.42 Å². The van der Waals surface area contributed by atoms with Crippen molar-refractivity contribution in [3.8, 4) is 0 Å². The predicted octanol–water partition coefficient (Wildman–Crippen LogP) is 0.0258. The summed E-state index contributed by atoms with van der Waals surface area (Å²) in [6, 6.07) is 0. The number of carbonyl (C=O) groups excluding carboxylic acids is 1. The predicted molar refractivity (Wildman–Crippen MR) is 59.1 cm³/mol. The highest BCUT2D eigenvalue weighted by Crippen LogP contribution is 2.08. The topological polar surface area (TPSA) is 80.7 Å². The second-order valence-corrected chi connectivity index (χ2v) is 6.16. The van der Waals surface area contributed by atoms with E-state index in [1.54, 1.807) is 21.1 Å². The Balaban J connectivity index is 4.86. The molecule has 0 aromatic carbocycles. The molecule has 0 radical (unpaired) electrons. The van der Waals surface area contributed by atoms with Gasteiger partial charge in [0, 0.05) is 5.57 Å². The SMILES string of the molecule is C=C(C)C(=O)OC(C[N+](C)(C)C)S(=O)(=O)O. The minimum Gasteiger partial charge on any atom is -0.434 e. The molecule has 0 rings (SSSR count). The molecule has 1 unspecified atom stereocenters. The quantitative estimate of drug-likeness (QED) is 0.323. The molecular weight excluding hydrogens is 234 g/mol. The molecule has 0 aromatic heterocycles. The van der Waals surface area contributed by atoms with Gasteiger partial charge in [-0.25, -0.2) is 4.79 Å². The minimum atomic E-state index is -4.43. The molecule has 1 atom stereocenters. The lowest BCUT2D eigenvalue weighted by atomic mass is 10.4. The van der Waals surface area contributed by atoms with Crippen LogP contribution in [0.2, 0.25) is 0 Å². The van der Waals surface area contributed by atoms with Crippen molar-refractivity contribution in [3.63, 3.8) is 0 Å². The van der Waals surface area contributed by atoms with E-state index < -0.39 is 21.5 Å². The molecule has 0 amide bonds. The summed E-state index contributed by atoms with van der Waals surface area (Å²) in [5.74, 6) is -0.837. The van der Waals surface area contributed by atoms with Crippen LogP contribution in [0.4, 0.5) is 0 Å². The van der Waals surface area contributed by atoms with E-state index in [1.165, 1.54) is 6.92 Å². The molecule has 94 valence electrons. The number of nitrogens with zero attached hydrogens (tertiary/aromatic N) is 1. The molecule has 0 bridgehead atoms. The monoisotopic (exact) mass is 252 g/mol. The zero-order valence-corrected chi connectivity index (χ0v) is 10.7. The van der Waals surface area contributed by atoms with Crippen LogP contribution in [0.3, 0.4) is 0 Å². The van der Waals surface area contributed by atoms with Gasteiger partial charge in [0.15, 0.2) is 0 Å². The van der Waals surface area contributed by atoms with Gasteiger partial charge in [-0.15, -0.1) is 0 Å². The summed E-state index contributed by atoms with van der Waals surface area (Å²) in [6.45, 7) is 4.68. The summed E-state index contributed by atoms with van der Waals surface area (Å²) < 4.78 is 35.8. The first kappa shape index (κ1) is 15.1. The van der Waals surface area contributed by atoms with Crippen molar-refractivity contribution in [1.82, 2.24) is 0 Å². The second kappa shape index (κ2) is 4.94. The molecule has 0 fully saturated rings. The van der Waals surface area contributed by atoms with E-state index in [-0.39, 0.29) is 16.6 Å². The maximum Gasteiger partial charge on any atom is 0.334 e. The van der Waals surface area contributed by atoms with Gasteiger partial charge in [0.1, 0.15) is 6.54 Å². The fourth-order valence-corrected chi connectivity index (χ4v) is 1.70. The van der Waals surface area contributed by atoms with Crippen molar-refractivity contribution >= 4 is 16.1 Å². The minimum absolute atomic E-state index is 0.0438. The smallest absolute Gasteiger partial charge is 0.334 e. The first-order chi connectivity index (χ1) is 6.93. The Morgan fingerprint density at radius 2 is 1.88 bits per heavy atom. The zero-order chi connectivity index (χ0) is 13.1. The average Bonchev–Trinajstić information content (AvgIpc) is 1.98. The van der Waals surface area contributed by atoms with Crippen LogP contribution in [0, 0.1) is 0 Å². The molecule has 0 heterocycles. The number of esters is 1. The van der Waals surface area contributed by atoms with Gasteiger partial charge in [-0.1, -0.05) is 6.58 Å². The van der Waals surface area contributed by atoms with Gasteiger partial charge in [-0.05, 0) is 6.92 Å². The average molecular weight is 252 g/mol. The lowest BCUT2D eigenvalue weighted by Crippen LogP contribution is -2.46. The van der Waals surface area contributed by atoms with Crippen molar-refractivity contribution in [2.75, 3.05) is 27.7 Å². The van der Waals surface area contributed by atoms with Crippen LogP contribution in [0.25, 0.3) is 0 Å². The van der Waals surface area contributed by atoms with Gasteiger partial charge in [-0.3, -0.25) is 4.55 Å². The molecular formula is C9H18NO5S+. The number of rotatable bonds is 5. The van der Waals surface area contributed by atoms with Crippen molar-refractivity contribution in [2.24, 2.45) is 0 Å². The Kier molecular flexibility index (Phi) is 4.66. The molecule has 0 aliphatic carbocycles. The van der Waals surface area contributed by atoms with Crippen LogP contribution in [0.1, 0.15) is 6.92 Å². The van der Waals surface area contributed by atoms with Crippen LogP contribution in [0.5, 0.6) is 0 Å². The molecule has 1 N–H and O–H groups in total. The highest BCUT2D eigenvalue weighted by molar-refractivity contribution is 7.86. The highest BCUT2D eigenvalue weighted by Gasteiger charge is 2.33. The van der Waals surface area contributed by atoms with Gasteiger partial charge in [0.2, 0.25) is 0 Å². The number of hydrogen-bond donors (Lipinski definition) is 1. The Bertz CT molecular complexity index is 379. The largest absolute Gasteiger partial charge is 0.434 e. The molecule has 6 nitrogen and oxygen atoms in total. The van der Waals surface area contributed by atoms with E-state index in [1.807, 2.05) is 0 Å². The second-order valence-electron chi connectivity index (χ2n) is 4.60. The molecule has 0 aliphatic rings. The summed E-state index contributed by atoms with van der Waals surface area (Å²) in [7, 11) is 0.719. The number of ether oxygens (including phenoxy) is 1. The summed E-state index contributed by atoms with van der Waals surface area (Å²) in [5, 5.41) is 0. The third kappa shape index (κ3) is 5.84. The van der Waals surface area contributed by atoms with E-state index >= 15 is 0 Å². The van der Waals surface area contributed by atoms with Crippen molar-refractivity contribution in [3.05, 3.63) is 12.2 Å². The molecule has 0 aliphatic heterocycles. The van der Waals surface area contributed by atoms with Gasteiger partial charge in [0.05, 0.1) is 21.1 Å². The van der Waals surface area contributed by atoms with Gasteiger partial charge in [0.25, 0.3) is 5.44 Å². The van der Waals surface area contributed by atoms with Crippen molar-refractivity contribution in [2.45, 2.75) is 12.4 Å². The molecule has 0 saturated carbocycles. The maximum atomic E-state index is 11.2. The van der Waals surface area contributed by atoms with Crippen molar-refractivity contribution in [1.29, 1.82) is 0 Å². The van der Waals surface area contributed by atoms with Gasteiger partial charge < -0.3 is 9.22 Å². The van der Waals surface area contributed by atoms with Gasteiger partial charge >= 0.3 is 16.1 Å². The van der Waals surface area contributed by atoms with Crippen LogP contribution in [-0.2, 0) is 19.6 Å². The van der Waals surface area contributed by atoms with Crippen LogP contribution < -0.4 is 0 Å². The molecule has 0 spiro atoms. The number of carbonyl (C=O) groups is 1. The Morgan fingerprint density at radius 3 is 2.12 bits per heavy atom. The molecule has 16 heavy (non-hydrogen) atoms. The lowest BCUT2D eigenvalue weighted by Gasteiger charge is -2.27. The highest BCUT2D eigenvalue weighted by atomic mass is 32.2.